The first kappa shape index (κ1) is 22.6. The summed E-state index contributed by atoms with van der Waals surface area (Å²) in [6, 6.07) is 12.4. The van der Waals surface area contributed by atoms with Crippen LogP contribution in [0.1, 0.15) is 38.8 Å². The molecule has 4 rings (SSSR count). The molecule has 0 saturated heterocycles. The molecule has 2 aromatic carbocycles. The highest BCUT2D eigenvalue weighted by Crippen LogP contribution is 2.41. The van der Waals surface area contributed by atoms with Crippen LogP contribution in [0.5, 0.6) is 11.5 Å². The van der Waals surface area contributed by atoms with E-state index in [4.69, 9.17) is 14.2 Å². The number of ether oxygens (including phenoxy) is 3. The molecule has 0 saturated carbocycles. The maximum atomic E-state index is 13.0. The molecule has 0 radical (unpaired) electrons. The van der Waals surface area contributed by atoms with Gasteiger partial charge >= 0.3 is 5.97 Å². The van der Waals surface area contributed by atoms with Gasteiger partial charge in [0.2, 0.25) is 11.9 Å². The molecule has 0 unspecified atom stereocenters. The van der Waals surface area contributed by atoms with Crippen molar-refractivity contribution in [3.8, 4) is 11.5 Å². The fourth-order valence-electron chi connectivity index (χ4n) is 4.10. The first-order valence-corrected chi connectivity index (χ1v) is 11.2. The standard InChI is InChI=1S/C25H29N3O5/c1-5-32-24(30)21-22(16-10-11-19(20(14-16)31-4)33-13-12-15(2)3)28-18-9-7-6-8-17(18)26-25(28)27-23(21)29/h6-11,14-15,21-22H,5,12-13H2,1-4H3,(H,26,27,29)/t21-,22+/m0/s1. The molecule has 1 aliphatic rings. The van der Waals surface area contributed by atoms with Crippen LogP contribution in [0.15, 0.2) is 42.5 Å². The second-order valence-electron chi connectivity index (χ2n) is 8.40. The molecule has 8 heteroatoms. The molecule has 3 aromatic rings. The Kier molecular flexibility index (Phi) is 6.53. The van der Waals surface area contributed by atoms with Crippen LogP contribution in [0.4, 0.5) is 5.95 Å². The minimum absolute atomic E-state index is 0.179. The number of nitrogens with zero attached hydrogens (tertiary/aromatic N) is 2. The zero-order valence-corrected chi connectivity index (χ0v) is 19.3. The maximum absolute atomic E-state index is 13.0. The monoisotopic (exact) mass is 451 g/mol. The van der Waals surface area contributed by atoms with Gasteiger partial charge in [0.15, 0.2) is 17.4 Å². The lowest BCUT2D eigenvalue weighted by Gasteiger charge is -2.32. The van der Waals surface area contributed by atoms with Crippen LogP contribution >= 0.6 is 0 Å². The molecule has 174 valence electrons. The summed E-state index contributed by atoms with van der Waals surface area (Å²) in [5, 5.41) is 2.77. The maximum Gasteiger partial charge on any atom is 0.321 e. The topological polar surface area (TPSA) is 91.7 Å². The molecule has 8 nitrogen and oxygen atoms in total. The van der Waals surface area contributed by atoms with Gasteiger partial charge in [0.25, 0.3) is 0 Å². The number of methoxy groups -OCH3 is 1. The summed E-state index contributed by atoms with van der Waals surface area (Å²) in [6.07, 6.45) is 0.920. The van der Waals surface area contributed by atoms with Gasteiger partial charge in [-0.25, -0.2) is 4.98 Å². The number of hydrogen-bond acceptors (Lipinski definition) is 6. The molecule has 33 heavy (non-hydrogen) atoms. The van der Waals surface area contributed by atoms with E-state index in [9.17, 15) is 9.59 Å². The number of imidazole rings is 1. The Bertz CT molecular complexity index is 1170. The Morgan fingerprint density at radius 2 is 1.97 bits per heavy atom. The number of benzene rings is 2. The van der Waals surface area contributed by atoms with Gasteiger partial charge in [0, 0.05) is 0 Å². The molecule has 0 spiro atoms. The molecule has 0 aliphatic carbocycles. The van der Waals surface area contributed by atoms with Crippen LogP contribution in [0.2, 0.25) is 0 Å². The summed E-state index contributed by atoms with van der Waals surface area (Å²) in [4.78, 5) is 30.5. The van der Waals surface area contributed by atoms with Crippen LogP contribution in [-0.2, 0) is 14.3 Å². The Hall–Kier alpha value is -3.55. The summed E-state index contributed by atoms with van der Waals surface area (Å²) in [5.74, 6) is -0.0386. The van der Waals surface area contributed by atoms with E-state index >= 15 is 0 Å². The molecule has 1 amide bonds. The van der Waals surface area contributed by atoms with E-state index in [0.29, 0.717) is 30.0 Å². The Morgan fingerprint density at radius 1 is 1.18 bits per heavy atom. The third kappa shape index (κ3) is 4.37. The third-order valence-electron chi connectivity index (χ3n) is 5.73. The van der Waals surface area contributed by atoms with E-state index in [0.717, 1.165) is 23.0 Å². The highest BCUT2D eigenvalue weighted by atomic mass is 16.5. The van der Waals surface area contributed by atoms with E-state index in [1.165, 1.54) is 0 Å². The van der Waals surface area contributed by atoms with Crippen molar-refractivity contribution in [1.82, 2.24) is 9.55 Å². The second-order valence-corrected chi connectivity index (χ2v) is 8.40. The van der Waals surface area contributed by atoms with Crippen molar-refractivity contribution in [2.45, 2.75) is 33.2 Å². The van der Waals surface area contributed by atoms with E-state index in [1.807, 2.05) is 47.0 Å². The van der Waals surface area contributed by atoms with Crippen molar-refractivity contribution in [2.24, 2.45) is 11.8 Å². The van der Waals surface area contributed by atoms with E-state index in [2.05, 4.69) is 24.1 Å². The lowest BCUT2D eigenvalue weighted by atomic mass is 9.90. The normalized spacial score (nSPS) is 17.5. The summed E-state index contributed by atoms with van der Waals surface area (Å²) in [7, 11) is 1.57. The number of anilines is 1. The average Bonchev–Trinajstić information content (AvgIpc) is 3.16. The number of nitrogens with one attached hydrogen (secondary N) is 1. The first-order valence-electron chi connectivity index (χ1n) is 11.2. The Balaban J connectivity index is 1.82. The van der Waals surface area contributed by atoms with Crippen molar-refractivity contribution in [3.05, 3.63) is 48.0 Å². The predicted octanol–water partition coefficient (Wildman–Crippen LogP) is 4.19. The van der Waals surface area contributed by atoms with Crippen LogP contribution in [0.3, 0.4) is 0 Å². The van der Waals surface area contributed by atoms with Crippen molar-refractivity contribution >= 4 is 28.9 Å². The quantitative estimate of drug-likeness (QED) is 0.408. The van der Waals surface area contributed by atoms with Gasteiger partial charge in [-0.15, -0.1) is 0 Å². The van der Waals surface area contributed by atoms with Crippen molar-refractivity contribution in [1.29, 1.82) is 0 Å². The molecule has 0 fully saturated rings. The van der Waals surface area contributed by atoms with Gasteiger partial charge in [-0.1, -0.05) is 32.0 Å². The number of amides is 1. The average molecular weight is 452 g/mol. The minimum Gasteiger partial charge on any atom is -0.493 e. The van der Waals surface area contributed by atoms with Crippen LogP contribution in [-0.4, -0.2) is 41.8 Å². The van der Waals surface area contributed by atoms with E-state index < -0.39 is 23.8 Å². The van der Waals surface area contributed by atoms with Gasteiger partial charge in [0.05, 0.1) is 37.4 Å². The molecule has 1 N–H and O–H groups in total. The number of carbonyl (C=O) groups excluding carboxylic acids is 2. The van der Waals surface area contributed by atoms with Crippen LogP contribution in [0.25, 0.3) is 11.0 Å². The van der Waals surface area contributed by atoms with Gasteiger partial charge < -0.3 is 18.8 Å². The fourth-order valence-corrected chi connectivity index (χ4v) is 4.10. The number of carbonyl (C=O) groups is 2. The van der Waals surface area contributed by atoms with Gasteiger partial charge in [-0.3, -0.25) is 14.9 Å². The number of rotatable bonds is 8. The molecule has 2 atom stereocenters. The predicted molar refractivity (Wildman–Crippen MR) is 125 cm³/mol. The van der Waals surface area contributed by atoms with E-state index in [1.54, 1.807) is 14.0 Å². The van der Waals surface area contributed by atoms with Gasteiger partial charge in [-0.05, 0) is 49.1 Å². The molecular formula is C25H29N3O5. The van der Waals surface area contributed by atoms with Crippen molar-refractivity contribution in [3.63, 3.8) is 0 Å². The minimum atomic E-state index is -1.08. The number of aromatic nitrogens is 2. The van der Waals surface area contributed by atoms with Crippen LogP contribution in [0, 0.1) is 11.8 Å². The number of para-hydroxylation sites is 2. The first-order chi connectivity index (χ1) is 15.9. The zero-order chi connectivity index (χ0) is 23.5. The Morgan fingerprint density at radius 3 is 2.70 bits per heavy atom. The van der Waals surface area contributed by atoms with Crippen molar-refractivity contribution < 1.29 is 23.8 Å². The highest BCUT2D eigenvalue weighted by molar-refractivity contribution is 6.07. The molecule has 2 heterocycles. The molecule has 1 aliphatic heterocycles. The SMILES string of the molecule is CCOC(=O)[C@@H]1C(=O)Nc2nc3ccccc3n2[C@@H]1c1ccc(OCCC(C)C)c(OC)c1. The second kappa shape index (κ2) is 9.52. The number of esters is 1. The van der Waals surface area contributed by atoms with E-state index in [-0.39, 0.29) is 6.61 Å². The summed E-state index contributed by atoms with van der Waals surface area (Å²) in [6.45, 7) is 6.75. The fraction of sp³-hybridized carbons (Fsp3) is 0.400. The molecule has 1 aromatic heterocycles. The van der Waals surface area contributed by atoms with Crippen molar-refractivity contribution in [2.75, 3.05) is 25.6 Å². The molecular weight excluding hydrogens is 422 g/mol. The van der Waals surface area contributed by atoms with Gasteiger partial charge in [-0.2, -0.15) is 0 Å². The number of hydrogen-bond donors (Lipinski definition) is 1. The highest BCUT2D eigenvalue weighted by Gasteiger charge is 2.44. The summed E-state index contributed by atoms with van der Waals surface area (Å²) < 4.78 is 18.7. The Labute approximate surface area is 192 Å². The number of fused-ring (bicyclic) bond motifs is 3. The lowest BCUT2D eigenvalue weighted by Crippen LogP contribution is -2.43. The third-order valence-corrected chi connectivity index (χ3v) is 5.73. The smallest absolute Gasteiger partial charge is 0.321 e. The largest absolute Gasteiger partial charge is 0.493 e. The zero-order valence-electron chi connectivity index (χ0n) is 19.3. The summed E-state index contributed by atoms with van der Waals surface area (Å²) >= 11 is 0. The van der Waals surface area contributed by atoms with Gasteiger partial charge in [0.1, 0.15) is 0 Å². The lowest BCUT2D eigenvalue weighted by molar-refractivity contribution is -0.152. The molecule has 0 bridgehead atoms. The van der Waals surface area contributed by atoms with Crippen LogP contribution < -0.4 is 14.8 Å². The summed E-state index contributed by atoms with van der Waals surface area (Å²) in [5.41, 5.74) is 2.26.